The number of hydrogen-bond acceptors (Lipinski definition) is 4. The van der Waals surface area contributed by atoms with Gasteiger partial charge in [0, 0.05) is 43.9 Å². The van der Waals surface area contributed by atoms with Crippen LogP contribution in [0.5, 0.6) is 0 Å². The third kappa shape index (κ3) is 8.21. The second-order valence-electron chi connectivity index (χ2n) is 3.65. The molecule has 4 heteroatoms. The Labute approximate surface area is 108 Å². The molecule has 0 saturated carbocycles. The summed E-state index contributed by atoms with van der Waals surface area (Å²) in [6, 6.07) is 10.5. The van der Waals surface area contributed by atoms with E-state index in [0.717, 1.165) is 38.5 Å². The molecule has 0 spiro atoms. The van der Waals surface area contributed by atoms with Crippen molar-refractivity contribution in [3.63, 3.8) is 0 Å². The molecular weight excluding hydrogens is 232 g/mol. The van der Waals surface area contributed by atoms with Gasteiger partial charge in [0.05, 0.1) is 6.61 Å². The minimum Gasteiger partial charge on any atom is -0.383 e. The van der Waals surface area contributed by atoms with Crippen molar-refractivity contribution in [2.75, 3.05) is 45.6 Å². The van der Waals surface area contributed by atoms with Gasteiger partial charge in [-0.15, -0.1) is 11.8 Å². The van der Waals surface area contributed by atoms with E-state index in [-0.39, 0.29) is 0 Å². The van der Waals surface area contributed by atoms with Gasteiger partial charge in [0.1, 0.15) is 0 Å². The normalized spacial score (nSPS) is 10.6. The Morgan fingerprint density at radius 1 is 1.00 bits per heavy atom. The van der Waals surface area contributed by atoms with Crippen LogP contribution in [0.1, 0.15) is 0 Å². The Balaban J connectivity index is 1.85. The van der Waals surface area contributed by atoms with Gasteiger partial charge in [-0.1, -0.05) is 18.2 Å². The molecule has 0 aromatic heterocycles. The average molecular weight is 254 g/mol. The zero-order valence-corrected chi connectivity index (χ0v) is 11.3. The second-order valence-corrected chi connectivity index (χ2v) is 4.82. The van der Waals surface area contributed by atoms with E-state index >= 15 is 0 Å². The quantitative estimate of drug-likeness (QED) is 0.491. The van der Waals surface area contributed by atoms with E-state index in [1.807, 2.05) is 17.8 Å². The summed E-state index contributed by atoms with van der Waals surface area (Å²) >= 11 is 1.89. The van der Waals surface area contributed by atoms with Crippen LogP contribution in [0.4, 0.5) is 0 Å². The largest absolute Gasteiger partial charge is 0.383 e. The Morgan fingerprint density at radius 3 is 2.41 bits per heavy atom. The molecule has 0 radical (unpaired) electrons. The Hall–Kier alpha value is -0.550. The Morgan fingerprint density at radius 2 is 1.71 bits per heavy atom. The monoisotopic (exact) mass is 254 g/mol. The summed E-state index contributed by atoms with van der Waals surface area (Å²) in [7, 11) is 1.72. The smallest absolute Gasteiger partial charge is 0.0587 e. The highest BCUT2D eigenvalue weighted by molar-refractivity contribution is 7.99. The first-order valence-electron chi connectivity index (χ1n) is 6.01. The number of hydrogen-bond donors (Lipinski definition) is 2. The van der Waals surface area contributed by atoms with Crippen LogP contribution >= 0.6 is 11.8 Å². The third-order valence-electron chi connectivity index (χ3n) is 2.25. The van der Waals surface area contributed by atoms with Gasteiger partial charge in [0.25, 0.3) is 0 Å². The molecule has 0 fully saturated rings. The molecule has 0 amide bonds. The summed E-state index contributed by atoms with van der Waals surface area (Å²) < 4.78 is 4.95. The fourth-order valence-corrected chi connectivity index (χ4v) is 2.19. The molecule has 1 rings (SSSR count). The highest BCUT2D eigenvalue weighted by Gasteiger charge is 1.92. The molecule has 0 heterocycles. The lowest BCUT2D eigenvalue weighted by Crippen LogP contribution is -2.30. The van der Waals surface area contributed by atoms with E-state index in [1.165, 1.54) is 4.90 Å². The van der Waals surface area contributed by atoms with Crippen LogP contribution in [0.15, 0.2) is 35.2 Å². The van der Waals surface area contributed by atoms with Gasteiger partial charge in [-0.3, -0.25) is 0 Å². The highest BCUT2D eigenvalue weighted by atomic mass is 32.2. The van der Waals surface area contributed by atoms with Gasteiger partial charge in [-0.2, -0.15) is 0 Å². The van der Waals surface area contributed by atoms with Crippen molar-refractivity contribution in [2.45, 2.75) is 4.90 Å². The highest BCUT2D eigenvalue weighted by Crippen LogP contribution is 2.15. The molecule has 0 atom stereocenters. The maximum atomic E-state index is 4.95. The first-order valence-corrected chi connectivity index (χ1v) is 7.00. The third-order valence-corrected chi connectivity index (χ3v) is 3.27. The summed E-state index contributed by atoms with van der Waals surface area (Å²) in [6.45, 7) is 4.77. The summed E-state index contributed by atoms with van der Waals surface area (Å²) in [6.07, 6.45) is 0. The molecule has 96 valence electrons. The van der Waals surface area contributed by atoms with Gasteiger partial charge in [0.15, 0.2) is 0 Å². The Bertz CT molecular complexity index is 269. The molecule has 1 aromatic rings. The minimum atomic E-state index is 0.782. The molecule has 0 unspecified atom stereocenters. The Kier molecular flexibility index (Phi) is 9.04. The van der Waals surface area contributed by atoms with Crippen molar-refractivity contribution in [1.29, 1.82) is 0 Å². The van der Waals surface area contributed by atoms with E-state index in [2.05, 4.69) is 34.9 Å². The molecule has 0 saturated heterocycles. The van der Waals surface area contributed by atoms with E-state index < -0.39 is 0 Å². The van der Waals surface area contributed by atoms with Crippen molar-refractivity contribution in [2.24, 2.45) is 0 Å². The standard InChI is InChI=1S/C13H22N2OS/c1-16-11-9-14-7-8-15-10-12-17-13-5-3-2-4-6-13/h2-6,14-15H,7-12H2,1H3. The van der Waals surface area contributed by atoms with E-state index in [9.17, 15) is 0 Å². The lowest BCUT2D eigenvalue weighted by Gasteiger charge is -2.06. The van der Waals surface area contributed by atoms with Gasteiger partial charge in [0.2, 0.25) is 0 Å². The van der Waals surface area contributed by atoms with Crippen LogP contribution in [0.25, 0.3) is 0 Å². The maximum Gasteiger partial charge on any atom is 0.0587 e. The van der Waals surface area contributed by atoms with Crippen molar-refractivity contribution in [3.8, 4) is 0 Å². The van der Waals surface area contributed by atoms with Crippen LogP contribution in [0.3, 0.4) is 0 Å². The minimum absolute atomic E-state index is 0.782. The second kappa shape index (κ2) is 10.6. The predicted octanol–water partition coefficient (Wildman–Crippen LogP) is 1.60. The molecule has 2 N–H and O–H groups in total. The SMILES string of the molecule is COCCNCCNCCSc1ccccc1. The van der Waals surface area contributed by atoms with Gasteiger partial charge in [-0.25, -0.2) is 0 Å². The summed E-state index contributed by atoms with van der Waals surface area (Å²) in [4.78, 5) is 1.34. The molecule has 0 aliphatic carbocycles. The molecular formula is C13H22N2OS. The number of rotatable bonds is 10. The predicted molar refractivity (Wildman–Crippen MR) is 74.8 cm³/mol. The molecule has 1 aromatic carbocycles. The lowest BCUT2D eigenvalue weighted by molar-refractivity contribution is 0.199. The fourth-order valence-electron chi connectivity index (χ4n) is 1.36. The number of thioether (sulfide) groups is 1. The van der Waals surface area contributed by atoms with Crippen LogP contribution in [-0.2, 0) is 4.74 Å². The number of methoxy groups -OCH3 is 1. The van der Waals surface area contributed by atoms with Gasteiger partial charge >= 0.3 is 0 Å². The summed E-state index contributed by atoms with van der Waals surface area (Å²) in [5.74, 6) is 1.11. The van der Waals surface area contributed by atoms with Gasteiger partial charge < -0.3 is 15.4 Å². The number of benzene rings is 1. The number of nitrogens with one attached hydrogen (secondary N) is 2. The van der Waals surface area contributed by atoms with Crippen LogP contribution in [-0.4, -0.2) is 45.6 Å². The average Bonchev–Trinajstić information content (AvgIpc) is 2.38. The van der Waals surface area contributed by atoms with Gasteiger partial charge in [-0.05, 0) is 12.1 Å². The summed E-state index contributed by atoms with van der Waals surface area (Å²) in [5.41, 5.74) is 0. The van der Waals surface area contributed by atoms with Crippen molar-refractivity contribution < 1.29 is 4.74 Å². The zero-order chi connectivity index (χ0) is 12.2. The maximum absolute atomic E-state index is 4.95. The van der Waals surface area contributed by atoms with Crippen LogP contribution in [0.2, 0.25) is 0 Å². The first kappa shape index (κ1) is 14.5. The van der Waals surface area contributed by atoms with Crippen LogP contribution < -0.4 is 10.6 Å². The zero-order valence-electron chi connectivity index (χ0n) is 10.4. The molecule has 0 aliphatic heterocycles. The first-order chi connectivity index (χ1) is 8.43. The molecule has 3 nitrogen and oxygen atoms in total. The fraction of sp³-hybridized carbons (Fsp3) is 0.538. The molecule has 0 aliphatic rings. The van der Waals surface area contributed by atoms with Crippen molar-refractivity contribution in [1.82, 2.24) is 10.6 Å². The van der Waals surface area contributed by atoms with Crippen LogP contribution in [0, 0.1) is 0 Å². The summed E-state index contributed by atoms with van der Waals surface area (Å²) in [5, 5.41) is 6.71. The van der Waals surface area contributed by atoms with E-state index in [4.69, 9.17) is 4.74 Å². The lowest BCUT2D eigenvalue weighted by atomic mass is 10.4. The number of ether oxygens (including phenoxy) is 1. The van der Waals surface area contributed by atoms with Crippen molar-refractivity contribution >= 4 is 11.8 Å². The molecule has 0 bridgehead atoms. The molecule has 17 heavy (non-hydrogen) atoms. The van der Waals surface area contributed by atoms with E-state index in [0.29, 0.717) is 0 Å². The topological polar surface area (TPSA) is 33.3 Å². The van der Waals surface area contributed by atoms with Crippen molar-refractivity contribution in [3.05, 3.63) is 30.3 Å². The van der Waals surface area contributed by atoms with E-state index in [1.54, 1.807) is 7.11 Å².